The predicted molar refractivity (Wildman–Crippen MR) is 116 cm³/mol. The topological polar surface area (TPSA) is 122 Å². The number of hydrogen-bond donors (Lipinski definition) is 3. The minimum atomic E-state index is -3.75. The van der Waals surface area contributed by atoms with E-state index in [0.29, 0.717) is 11.4 Å². The summed E-state index contributed by atoms with van der Waals surface area (Å²) in [5, 5.41) is 27.0. The summed E-state index contributed by atoms with van der Waals surface area (Å²) < 4.78 is 25.1. The van der Waals surface area contributed by atoms with Crippen LogP contribution in [0.4, 0.5) is 11.4 Å². The molecule has 0 saturated heterocycles. The average molecular weight is 515 g/mol. The summed E-state index contributed by atoms with van der Waals surface area (Å²) in [4.78, 5) is -0.00382. The highest BCUT2D eigenvalue weighted by Gasteiger charge is 2.14. The van der Waals surface area contributed by atoms with Crippen LogP contribution in [0.5, 0.6) is 5.88 Å². The van der Waals surface area contributed by atoms with Crippen LogP contribution < -0.4 is 10.5 Å². The van der Waals surface area contributed by atoms with Crippen LogP contribution in [0.3, 0.4) is 0 Å². The fraction of sp³-hybridized carbons (Fsp3) is 0.0625. The lowest BCUT2D eigenvalue weighted by atomic mass is 10.2. The van der Waals surface area contributed by atoms with E-state index >= 15 is 0 Å². The number of aromatic hydroxyl groups is 1. The van der Waals surface area contributed by atoms with Crippen LogP contribution >= 0.6 is 34.8 Å². The fourth-order valence-corrected chi connectivity index (χ4v) is 3.62. The van der Waals surface area contributed by atoms with E-state index in [4.69, 9.17) is 17.4 Å². The van der Waals surface area contributed by atoms with E-state index in [9.17, 15) is 13.5 Å². The molecular weight excluding hydrogens is 501 g/mol. The zero-order valence-corrected chi connectivity index (χ0v) is 17.7. The molecule has 2 aromatic carbocycles. The van der Waals surface area contributed by atoms with Crippen LogP contribution in [0.2, 0.25) is 0 Å². The highest BCUT2D eigenvalue weighted by atomic mass is 127. The van der Waals surface area contributed by atoms with Crippen molar-refractivity contribution in [1.29, 1.82) is 0 Å². The summed E-state index contributed by atoms with van der Waals surface area (Å²) in [6.45, 7) is 0. The number of benzene rings is 2. The minimum Gasteiger partial charge on any atom is -0.493 e. The van der Waals surface area contributed by atoms with Gasteiger partial charge in [0.25, 0.3) is 0 Å². The molecule has 0 aliphatic rings. The first-order valence-corrected chi connectivity index (χ1v) is 10.5. The Balaban J connectivity index is 1.82. The molecule has 0 aliphatic heterocycles. The molecule has 3 aromatic rings. The Labute approximate surface area is 174 Å². The molecule has 0 spiro atoms. The Bertz CT molecular complexity index is 1170. The third-order valence-corrected chi connectivity index (χ3v) is 5.56. The number of hydrogen-bond acceptors (Lipinski definition) is 5. The van der Waals surface area contributed by atoms with Gasteiger partial charge in [0.1, 0.15) is 0 Å². The van der Waals surface area contributed by atoms with E-state index in [0.717, 1.165) is 14.5 Å². The van der Waals surface area contributed by atoms with Gasteiger partial charge in [-0.05, 0) is 77.3 Å². The van der Waals surface area contributed by atoms with Gasteiger partial charge in [-0.25, -0.2) is 13.6 Å². The number of azo groups is 1. The molecule has 0 bridgehead atoms. The largest absolute Gasteiger partial charge is 0.493 e. The number of nitrogens with one attached hydrogen (secondary N) is 1. The molecule has 0 aliphatic carbocycles. The van der Waals surface area contributed by atoms with Gasteiger partial charge in [-0.1, -0.05) is 0 Å². The molecular formula is C16H14IN5O3S2. The van der Waals surface area contributed by atoms with Crippen LogP contribution in [0.25, 0.3) is 10.9 Å². The van der Waals surface area contributed by atoms with Crippen LogP contribution in [0.1, 0.15) is 0 Å². The van der Waals surface area contributed by atoms with E-state index in [1.807, 2.05) is 18.2 Å². The number of aryl methyl sites for hydroxylation is 1. The van der Waals surface area contributed by atoms with Crippen molar-refractivity contribution in [2.24, 2.45) is 22.4 Å². The van der Waals surface area contributed by atoms with E-state index in [1.54, 1.807) is 11.6 Å². The first-order chi connectivity index (χ1) is 12.7. The average Bonchev–Trinajstić information content (AvgIpc) is 2.83. The quantitative estimate of drug-likeness (QED) is 0.280. The van der Waals surface area contributed by atoms with Gasteiger partial charge in [-0.3, -0.25) is 0 Å². The van der Waals surface area contributed by atoms with Crippen molar-refractivity contribution in [2.45, 2.75) is 4.90 Å². The van der Waals surface area contributed by atoms with Gasteiger partial charge in [0.15, 0.2) is 5.69 Å². The second-order valence-corrected chi connectivity index (χ2v) is 8.79. The van der Waals surface area contributed by atoms with Crippen molar-refractivity contribution < 1.29 is 13.5 Å². The normalized spacial score (nSPS) is 12.0. The van der Waals surface area contributed by atoms with Crippen molar-refractivity contribution >= 4 is 72.2 Å². The molecule has 11 heteroatoms. The van der Waals surface area contributed by atoms with Crippen LogP contribution in [0.15, 0.2) is 57.6 Å². The van der Waals surface area contributed by atoms with Gasteiger partial charge in [0.2, 0.25) is 21.0 Å². The summed E-state index contributed by atoms with van der Waals surface area (Å²) >= 11 is 7.31. The maximum atomic E-state index is 11.3. The molecule has 8 nitrogen and oxygen atoms in total. The molecule has 0 amide bonds. The standard InChI is InChI=1S/C16H14IN5O3S2/c1-22-13-7-2-9(17)8-12(13)14(15(22)23)20-21-16(26)19-10-3-5-11(6-4-10)27(18,24)25/h2-8,23H,1H3,(H,19,26)(H2,18,24,25). The molecule has 140 valence electrons. The van der Waals surface area contributed by atoms with Gasteiger partial charge < -0.3 is 15.0 Å². The van der Waals surface area contributed by atoms with Crippen molar-refractivity contribution in [1.82, 2.24) is 4.57 Å². The molecule has 0 radical (unpaired) electrons. The fourth-order valence-electron chi connectivity index (χ4n) is 2.45. The number of sulfonamides is 1. The number of halogens is 1. The summed E-state index contributed by atoms with van der Waals surface area (Å²) in [6, 6.07) is 11.5. The van der Waals surface area contributed by atoms with E-state index < -0.39 is 10.0 Å². The molecule has 0 atom stereocenters. The summed E-state index contributed by atoms with van der Waals surface area (Å²) in [5.41, 5.74) is 1.67. The molecule has 1 aromatic heterocycles. The number of aromatic nitrogens is 1. The highest BCUT2D eigenvalue weighted by molar-refractivity contribution is 14.1. The van der Waals surface area contributed by atoms with Crippen molar-refractivity contribution in [3.8, 4) is 5.88 Å². The van der Waals surface area contributed by atoms with Crippen molar-refractivity contribution in [2.75, 3.05) is 5.32 Å². The van der Waals surface area contributed by atoms with E-state index in [-0.39, 0.29) is 15.9 Å². The smallest absolute Gasteiger partial charge is 0.238 e. The molecule has 27 heavy (non-hydrogen) atoms. The minimum absolute atomic E-state index is 0.00382. The summed E-state index contributed by atoms with van der Waals surface area (Å²) in [7, 11) is -2.03. The summed E-state index contributed by atoms with van der Waals surface area (Å²) in [6.07, 6.45) is 0. The Morgan fingerprint density at radius 2 is 1.93 bits per heavy atom. The Kier molecular flexibility index (Phi) is 5.46. The highest BCUT2D eigenvalue weighted by Crippen LogP contribution is 2.38. The lowest BCUT2D eigenvalue weighted by Gasteiger charge is -2.04. The maximum Gasteiger partial charge on any atom is 0.238 e. The van der Waals surface area contributed by atoms with Gasteiger partial charge in [0.05, 0.1) is 10.4 Å². The zero-order chi connectivity index (χ0) is 19.8. The molecule has 0 saturated carbocycles. The van der Waals surface area contributed by atoms with Crippen molar-refractivity contribution in [3.05, 3.63) is 46.0 Å². The maximum absolute atomic E-state index is 11.3. The van der Waals surface area contributed by atoms with E-state index in [2.05, 4.69) is 38.1 Å². The number of nitrogens with two attached hydrogens (primary N) is 1. The molecule has 4 N–H and O–H groups in total. The molecule has 1 heterocycles. The third kappa shape index (κ3) is 4.26. The number of thiocarbonyl (C=S) groups is 1. The number of primary sulfonamides is 1. The van der Waals surface area contributed by atoms with Crippen LogP contribution in [0, 0.1) is 3.57 Å². The number of fused-ring (bicyclic) bond motifs is 1. The molecule has 0 unspecified atom stereocenters. The first kappa shape index (κ1) is 19.7. The number of nitrogens with zero attached hydrogens (tertiary/aromatic N) is 3. The monoisotopic (exact) mass is 515 g/mol. The number of anilines is 1. The Hall–Kier alpha value is -2.09. The number of rotatable bonds is 3. The lowest BCUT2D eigenvalue weighted by molar-refractivity contribution is 0.436. The SMILES string of the molecule is Cn1c(O)c(N=NC(=S)Nc2ccc(S(N)(=O)=O)cc2)c2cc(I)ccc21. The first-order valence-electron chi connectivity index (χ1n) is 7.49. The van der Waals surface area contributed by atoms with Gasteiger partial charge in [-0.15, -0.1) is 10.2 Å². The van der Waals surface area contributed by atoms with Crippen molar-refractivity contribution in [3.63, 3.8) is 0 Å². The second kappa shape index (κ2) is 7.50. The zero-order valence-electron chi connectivity index (χ0n) is 13.9. The van der Waals surface area contributed by atoms with Gasteiger partial charge >= 0.3 is 0 Å². The van der Waals surface area contributed by atoms with Gasteiger partial charge in [-0.2, -0.15) is 0 Å². The Morgan fingerprint density at radius 1 is 1.26 bits per heavy atom. The lowest BCUT2D eigenvalue weighted by Crippen LogP contribution is -2.12. The van der Waals surface area contributed by atoms with Crippen LogP contribution in [-0.2, 0) is 17.1 Å². The third-order valence-electron chi connectivity index (χ3n) is 3.78. The summed E-state index contributed by atoms with van der Waals surface area (Å²) in [5.74, 6) is -0.0175. The van der Waals surface area contributed by atoms with Crippen LogP contribution in [-0.4, -0.2) is 23.2 Å². The molecule has 3 rings (SSSR count). The van der Waals surface area contributed by atoms with Gasteiger partial charge in [0, 0.05) is 21.7 Å². The second-order valence-electron chi connectivity index (χ2n) is 5.59. The predicted octanol–water partition coefficient (Wildman–Crippen LogP) is 3.62. The Morgan fingerprint density at radius 3 is 2.56 bits per heavy atom. The van der Waals surface area contributed by atoms with E-state index in [1.165, 1.54) is 24.3 Å². The molecule has 0 fully saturated rings.